The molecule has 0 spiro atoms. The minimum Gasteiger partial charge on any atom is -0.0622 e. The Morgan fingerprint density at radius 3 is 0.500 bits per heavy atom. The zero-order valence-corrected chi connectivity index (χ0v) is 40.7. The molecule has 14 rings (SSSR count). The lowest BCUT2D eigenvalue weighted by atomic mass is 9.83. The summed E-state index contributed by atoms with van der Waals surface area (Å²) in [5.41, 5.74) is 19.3. The summed E-state index contributed by atoms with van der Waals surface area (Å²) in [4.78, 5) is 0. The molecular weight excluding hydrogens is 889 g/mol. The minimum atomic E-state index is 1.19. The number of fused-ring (bicyclic) bond motifs is 11. The van der Waals surface area contributed by atoms with E-state index in [1.165, 1.54) is 143 Å². The Morgan fingerprint density at radius 1 is 0.122 bits per heavy atom. The molecule has 74 heavy (non-hydrogen) atoms. The third-order valence-corrected chi connectivity index (χ3v) is 15.3. The smallest absolute Gasteiger partial charge is 0.00134 e. The highest BCUT2D eigenvalue weighted by molar-refractivity contribution is 6.40. The molecule has 0 amide bonds. The maximum atomic E-state index is 2.49. The van der Waals surface area contributed by atoms with Gasteiger partial charge in [0.2, 0.25) is 0 Å². The Hall–Kier alpha value is -9.62. The summed E-state index contributed by atoms with van der Waals surface area (Å²) in [5.74, 6) is 0. The highest BCUT2D eigenvalue weighted by atomic mass is 14.2. The molecule has 14 aromatic rings. The second-order valence-electron chi connectivity index (χ2n) is 19.4. The van der Waals surface area contributed by atoms with Crippen LogP contribution < -0.4 is 0 Å². The quantitative estimate of drug-likeness (QED) is 0.133. The van der Waals surface area contributed by atoms with E-state index >= 15 is 0 Å². The predicted octanol–water partition coefficient (Wildman–Crippen LogP) is 20.8. The van der Waals surface area contributed by atoms with E-state index in [0.717, 1.165) is 0 Å². The monoisotopic (exact) mass is 936 g/mol. The van der Waals surface area contributed by atoms with Crippen LogP contribution >= 0.6 is 0 Å². The third-order valence-electron chi connectivity index (χ3n) is 15.3. The maximum Gasteiger partial charge on any atom is -0.00134 e. The van der Waals surface area contributed by atoms with Gasteiger partial charge >= 0.3 is 0 Å². The van der Waals surface area contributed by atoms with Crippen LogP contribution in [0.1, 0.15) is 0 Å². The van der Waals surface area contributed by atoms with Gasteiger partial charge in [0.15, 0.2) is 0 Å². The van der Waals surface area contributed by atoms with Crippen molar-refractivity contribution in [3.8, 4) is 89.0 Å². The average Bonchev–Trinajstić information content (AvgIpc) is 3.50. The van der Waals surface area contributed by atoms with E-state index in [1.807, 2.05) is 0 Å². The van der Waals surface area contributed by atoms with Crippen LogP contribution in [0, 0.1) is 0 Å². The second-order valence-corrected chi connectivity index (χ2v) is 19.4. The Labute approximate surface area is 431 Å². The van der Waals surface area contributed by atoms with Crippen LogP contribution in [0.15, 0.2) is 291 Å². The predicted molar refractivity (Wildman–Crippen MR) is 317 cm³/mol. The minimum absolute atomic E-state index is 1.19. The average molecular weight is 937 g/mol. The maximum absolute atomic E-state index is 2.49. The van der Waals surface area contributed by atoms with E-state index in [0.29, 0.717) is 0 Å². The van der Waals surface area contributed by atoms with Crippen LogP contribution in [0.5, 0.6) is 0 Å². The molecule has 0 atom stereocenters. The summed E-state index contributed by atoms with van der Waals surface area (Å²) in [7, 11) is 0. The van der Waals surface area contributed by atoms with Gasteiger partial charge in [0.05, 0.1) is 0 Å². The van der Waals surface area contributed by atoms with Gasteiger partial charge in [0, 0.05) is 0 Å². The first-order valence-corrected chi connectivity index (χ1v) is 25.7. The second kappa shape index (κ2) is 18.2. The van der Waals surface area contributed by atoms with Gasteiger partial charge in [-0.2, -0.15) is 0 Å². The van der Waals surface area contributed by atoms with Crippen molar-refractivity contribution in [2.45, 2.75) is 0 Å². The zero-order chi connectivity index (χ0) is 49.0. The Bertz CT molecular complexity index is 3860. The first kappa shape index (κ1) is 43.2. The van der Waals surface area contributed by atoms with Gasteiger partial charge in [0.1, 0.15) is 0 Å². The Morgan fingerprint density at radius 2 is 0.297 bits per heavy atom. The van der Waals surface area contributed by atoms with Crippen molar-refractivity contribution in [3.63, 3.8) is 0 Å². The SMILES string of the molecule is c1ccc(-c2ccccc2-c2ccc3c4ccc(-c5ccccc5-c5ccccc5)cc4c4c5cc(-c6ccccc6-c6ccccc6)ccc5c5ccc(-c6ccccc6-c6ccccc6)cc5c4c3c2)cc1. The molecule has 0 saturated heterocycles. The van der Waals surface area contributed by atoms with Crippen molar-refractivity contribution in [1.29, 1.82) is 0 Å². The fraction of sp³-hybridized carbons (Fsp3) is 0. The molecule has 0 heteroatoms. The molecule has 344 valence electrons. The molecule has 0 heterocycles. The van der Waals surface area contributed by atoms with Crippen LogP contribution in [-0.4, -0.2) is 0 Å². The number of hydrogen-bond donors (Lipinski definition) is 0. The molecule has 0 aromatic heterocycles. The van der Waals surface area contributed by atoms with E-state index in [1.54, 1.807) is 0 Å². The first-order valence-electron chi connectivity index (χ1n) is 25.7. The van der Waals surface area contributed by atoms with Gasteiger partial charge in [-0.25, -0.2) is 0 Å². The van der Waals surface area contributed by atoms with Crippen molar-refractivity contribution in [3.05, 3.63) is 291 Å². The van der Waals surface area contributed by atoms with Crippen molar-refractivity contribution >= 4 is 53.9 Å². The number of hydrogen-bond acceptors (Lipinski definition) is 0. The summed E-state index contributed by atoms with van der Waals surface area (Å²) >= 11 is 0. The van der Waals surface area contributed by atoms with Crippen LogP contribution in [0.3, 0.4) is 0 Å². The summed E-state index contributed by atoms with van der Waals surface area (Å²) in [5, 5.41) is 12.4. The molecule has 0 fully saturated rings. The standard InChI is InChI=1S/C74H48/c1-5-21-49(22-6-1)57-29-13-17-33-61(57)53-37-41-65-66-42-38-55(63-35-19-15-31-59(63)51-25-9-3-10-26-51)47-71(66)74-72-48-56(64-36-20-16-32-60(64)52-27-11-4-12-28-52)40-44-68(72)67-43-39-54(46-70(67)73(74)69(65)45-53)62-34-18-14-30-58(62)50-23-7-2-8-24-50/h1-48H. The van der Waals surface area contributed by atoms with Gasteiger partial charge in [-0.15, -0.1) is 0 Å². The summed E-state index contributed by atoms with van der Waals surface area (Å²) in [6.07, 6.45) is 0. The van der Waals surface area contributed by atoms with Crippen LogP contribution in [0.4, 0.5) is 0 Å². The highest BCUT2D eigenvalue weighted by Crippen LogP contribution is 2.49. The molecule has 0 nitrogen and oxygen atoms in total. The van der Waals surface area contributed by atoms with Crippen molar-refractivity contribution in [2.24, 2.45) is 0 Å². The normalized spacial score (nSPS) is 11.5. The molecule has 0 bridgehead atoms. The lowest BCUT2D eigenvalue weighted by molar-refractivity contribution is 1.59. The molecule has 0 N–H and O–H groups in total. The largest absolute Gasteiger partial charge is 0.0622 e. The number of rotatable bonds is 8. The van der Waals surface area contributed by atoms with Crippen molar-refractivity contribution in [1.82, 2.24) is 0 Å². The fourth-order valence-electron chi connectivity index (χ4n) is 11.9. The van der Waals surface area contributed by atoms with E-state index in [4.69, 9.17) is 0 Å². The van der Waals surface area contributed by atoms with Crippen LogP contribution in [0.25, 0.3) is 143 Å². The molecule has 0 aliphatic heterocycles. The summed E-state index contributed by atoms with van der Waals surface area (Å²) in [6, 6.07) is 108. The summed E-state index contributed by atoms with van der Waals surface area (Å²) < 4.78 is 0. The Kier molecular flexibility index (Phi) is 10.6. The molecule has 0 radical (unpaired) electrons. The van der Waals surface area contributed by atoms with Gasteiger partial charge in [-0.05, 0) is 167 Å². The lowest BCUT2D eigenvalue weighted by Gasteiger charge is -2.20. The molecule has 0 aliphatic rings. The highest BCUT2D eigenvalue weighted by Gasteiger charge is 2.21. The van der Waals surface area contributed by atoms with Crippen LogP contribution in [0.2, 0.25) is 0 Å². The van der Waals surface area contributed by atoms with E-state index in [2.05, 4.69) is 291 Å². The van der Waals surface area contributed by atoms with Gasteiger partial charge in [-0.3, -0.25) is 0 Å². The van der Waals surface area contributed by atoms with E-state index in [-0.39, 0.29) is 0 Å². The topological polar surface area (TPSA) is 0 Å². The van der Waals surface area contributed by atoms with Gasteiger partial charge < -0.3 is 0 Å². The molecule has 0 saturated carbocycles. The molecular formula is C74H48. The molecule has 0 unspecified atom stereocenters. The van der Waals surface area contributed by atoms with Crippen molar-refractivity contribution in [2.75, 3.05) is 0 Å². The lowest BCUT2D eigenvalue weighted by Crippen LogP contribution is -1.93. The third kappa shape index (κ3) is 7.39. The number of benzene rings is 14. The van der Waals surface area contributed by atoms with Crippen LogP contribution in [-0.2, 0) is 0 Å². The zero-order valence-electron chi connectivity index (χ0n) is 40.7. The van der Waals surface area contributed by atoms with Gasteiger partial charge in [-0.1, -0.05) is 267 Å². The summed E-state index contributed by atoms with van der Waals surface area (Å²) in [6.45, 7) is 0. The van der Waals surface area contributed by atoms with E-state index < -0.39 is 0 Å². The molecule has 14 aromatic carbocycles. The van der Waals surface area contributed by atoms with E-state index in [9.17, 15) is 0 Å². The Balaban J connectivity index is 1.15. The van der Waals surface area contributed by atoms with Crippen molar-refractivity contribution < 1.29 is 0 Å². The molecule has 0 aliphatic carbocycles. The van der Waals surface area contributed by atoms with Gasteiger partial charge in [0.25, 0.3) is 0 Å². The fourth-order valence-corrected chi connectivity index (χ4v) is 11.9. The first-order chi connectivity index (χ1) is 36.7.